The highest BCUT2D eigenvalue weighted by molar-refractivity contribution is 5.74. The third-order valence-electron chi connectivity index (χ3n) is 2.10. The van der Waals surface area contributed by atoms with Crippen molar-refractivity contribution in [2.24, 2.45) is 0 Å². The maximum atomic E-state index is 12.8. The fraction of sp³-hybridized carbons (Fsp3) is 0.417. The van der Waals surface area contributed by atoms with E-state index in [4.69, 9.17) is 9.84 Å². The second-order valence-corrected chi connectivity index (χ2v) is 3.79. The van der Waals surface area contributed by atoms with Gasteiger partial charge in [-0.2, -0.15) is 0 Å². The van der Waals surface area contributed by atoms with Crippen molar-refractivity contribution in [2.45, 2.75) is 13.0 Å². The molecule has 0 aromatic heterocycles. The third kappa shape index (κ3) is 5.49. The van der Waals surface area contributed by atoms with E-state index in [1.54, 1.807) is 19.1 Å². The minimum absolute atomic E-state index is 0.118. The second-order valence-electron chi connectivity index (χ2n) is 3.79. The zero-order chi connectivity index (χ0) is 13.4. The van der Waals surface area contributed by atoms with Crippen molar-refractivity contribution in [1.29, 1.82) is 0 Å². The highest BCUT2D eigenvalue weighted by Gasteiger charge is 2.04. The molecule has 0 aliphatic rings. The van der Waals surface area contributed by atoms with Gasteiger partial charge in [-0.05, 0) is 19.1 Å². The molecular weight excluding hydrogens is 239 g/mol. The number of ether oxygens (including phenoxy) is 1. The Bertz CT molecular complexity index is 387. The van der Waals surface area contributed by atoms with Crippen molar-refractivity contribution in [1.82, 2.24) is 10.6 Å². The van der Waals surface area contributed by atoms with Crippen molar-refractivity contribution in [3.8, 4) is 5.75 Å². The van der Waals surface area contributed by atoms with Gasteiger partial charge in [0.2, 0.25) is 0 Å². The van der Waals surface area contributed by atoms with Crippen LogP contribution in [-0.4, -0.2) is 36.9 Å². The molecule has 0 bridgehead atoms. The topological polar surface area (TPSA) is 70.6 Å². The summed E-state index contributed by atoms with van der Waals surface area (Å²) >= 11 is 0. The van der Waals surface area contributed by atoms with Gasteiger partial charge in [0, 0.05) is 6.07 Å². The lowest BCUT2D eigenvalue weighted by atomic mass is 10.3. The predicted molar refractivity (Wildman–Crippen MR) is 65.0 cm³/mol. The van der Waals surface area contributed by atoms with E-state index in [1.165, 1.54) is 12.1 Å². The lowest BCUT2D eigenvalue weighted by Crippen LogP contribution is -2.43. The number of urea groups is 1. The summed E-state index contributed by atoms with van der Waals surface area (Å²) in [5.41, 5.74) is 0. The molecule has 1 unspecified atom stereocenters. The molecule has 0 radical (unpaired) electrons. The van der Waals surface area contributed by atoms with E-state index < -0.39 is 0 Å². The van der Waals surface area contributed by atoms with Gasteiger partial charge in [-0.25, -0.2) is 9.18 Å². The average molecular weight is 256 g/mol. The van der Waals surface area contributed by atoms with Gasteiger partial charge in [0.1, 0.15) is 18.2 Å². The Morgan fingerprint density at radius 2 is 2.33 bits per heavy atom. The molecule has 1 aromatic carbocycles. The van der Waals surface area contributed by atoms with Crippen LogP contribution < -0.4 is 15.4 Å². The Morgan fingerprint density at radius 1 is 1.56 bits per heavy atom. The van der Waals surface area contributed by atoms with E-state index in [0.717, 1.165) is 0 Å². The van der Waals surface area contributed by atoms with Gasteiger partial charge in [0.05, 0.1) is 19.2 Å². The van der Waals surface area contributed by atoms with Crippen LogP contribution in [0, 0.1) is 5.82 Å². The number of halogens is 1. The first-order chi connectivity index (χ1) is 8.61. The molecule has 6 heteroatoms. The van der Waals surface area contributed by atoms with E-state index in [9.17, 15) is 9.18 Å². The van der Waals surface area contributed by atoms with Crippen LogP contribution in [0.2, 0.25) is 0 Å². The summed E-state index contributed by atoms with van der Waals surface area (Å²) in [6.07, 6.45) is 0. The number of hydrogen-bond donors (Lipinski definition) is 3. The normalized spacial score (nSPS) is 11.7. The van der Waals surface area contributed by atoms with Crippen molar-refractivity contribution < 1.29 is 19.0 Å². The number of nitrogens with one attached hydrogen (secondary N) is 2. The predicted octanol–water partition coefficient (Wildman–Crippen LogP) is 0.884. The highest BCUT2D eigenvalue weighted by Crippen LogP contribution is 2.11. The van der Waals surface area contributed by atoms with Crippen molar-refractivity contribution in [3.63, 3.8) is 0 Å². The summed E-state index contributed by atoms with van der Waals surface area (Å²) < 4.78 is 18.0. The smallest absolute Gasteiger partial charge is 0.315 e. The van der Waals surface area contributed by atoms with Gasteiger partial charge < -0.3 is 20.5 Å². The quantitative estimate of drug-likeness (QED) is 0.662. The zero-order valence-corrected chi connectivity index (χ0v) is 10.1. The number of rotatable bonds is 6. The van der Waals surface area contributed by atoms with Gasteiger partial charge in [-0.1, -0.05) is 6.07 Å². The largest absolute Gasteiger partial charge is 0.492 e. The molecular formula is C12H17FN2O3. The summed E-state index contributed by atoms with van der Waals surface area (Å²) in [5, 5.41) is 13.8. The van der Waals surface area contributed by atoms with E-state index in [-0.39, 0.29) is 31.1 Å². The first kappa shape index (κ1) is 14.2. The molecule has 0 aliphatic carbocycles. The molecule has 5 nitrogen and oxygen atoms in total. The molecule has 1 aromatic rings. The maximum absolute atomic E-state index is 12.8. The minimum Gasteiger partial charge on any atom is -0.492 e. The molecule has 0 saturated carbocycles. The molecule has 3 N–H and O–H groups in total. The van der Waals surface area contributed by atoms with Crippen LogP contribution in [0.1, 0.15) is 6.92 Å². The Hall–Kier alpha value is -1.82. The first-order valence-electron chi connectivity index (χ1n) is 5.65. The maximum Gasteiger partial charge on any atom is 0.315 e. The lowest BCUT2D eigenvalue weighted by molar-refractivity contribution is 0.218. The summed E-state index contributed by atoms with van der Waals surface area (Å²) in [6.45, 7) is 2.10. The fourth-order valence-electron chi connectivity index (χ4n) is 1.21. The van der Waals surface area contributed by atoms with E-state index in [1.807, 2.05) is 0 Å². The monoisotopic (exact) mass is 256 g/mol. The Morgan fingerprint density at radius 3 is 3.00 bits per heavy atom. The molecule has 18 heavy (non-hydrogen) atoms. The Kier molecular flexibility index (Phi) is 5.93. The van der Waals surface area contributed by atoms with Crippen LogP contribution >= 0.6 is 0 Å². The van der Waals surface area contributed by atoms with Crippen LogP contribution in [0.15, 0.2) is 24.3 Å². The molecule has 100 valence electrons. The molecule has 2 amide bonds. The minimum atomic E-state index is -0.376. The first-order valence-corrected chi connectivity index (χ1v) is 5.65. The van der Waals surface area contributed by atoms with Crippen molar-refractivity contribution in [3.05, 3.63) is 30.1 Å². The molecule has 0 aliphatic heterocycles. The molecule has 0 saturated heterocycles. The molecule has 1 rings (SSSR count). The second kappa shape index (κ2) is 7.50. The molecule has 0 fully saturated rings. The number of benzene rings is 1. The van der Waals surface area contributed by atoms with Crippen LogP contribution in [-0.2, 0) is 0 Å². The number of carbonyl (C=O) groups excluding carboxylic acids is 1. The van der Waals surface area contributed by atoms with Crippen LogP contribution in [0.5, 0.6) is 5.75 Å². The van der Waals surface area contributed by atoms with Gasteiger partial charge in [-0.15, -0.1) is 0 Å². The van der Waals surface area contributed by atoms with E-state index in [0.29, 0.717) is 12.3 Å². The lowest BCUT2D eigenvalue weighted by Gasteiger charge is -2.12. The van der Waals surface area contributed by atoms with Crippen LogP contribution in [0.4, 0.5) is 9.18 Å². The Balaban J connectivity index is 2.17. The zero-order valence-electron chi connectivity index (χ0n) is 10.1. The summed E-state index contributed by atoms with van der Waals surface area (Å²) in [4.78, 5) is 11.2. The van der Waals surface area contributed by atoms with Crippen molar-refractivity contribution in [2.75, 3.05) is 19.8 Å². The standard InChI is InChI=1S/C12H17FN2O3/c1-9(8-16)15-12(17)14-5-6-18-11-4-2-3-10(13)7-11/h2-4,7,9,16H,5-6,8H2,1H3,(H2,14,15,17). The number of aliphatic hydroxyl groups excluding tert-OH is 1. The third-order valence-corrected chi connectivity index (χ3v) is 2.10. The number of amides is 2. The number of aliphatic hydroxyl groups is 1. The van der Waals surface area contributed by atoms with Crippen molar-refractivity contribution >= 4 is 6.03 Å². The van der Waals surface area contributed by atoms with E-state index >= 15 is 0 Å². The number of hydrogen-bond acceptors (Lipinski definition) is 3. The van der Waals surface area contributed by atoms with Crippen LogP contribution in [0.3, 0.4) is 0 Å². The SMILES string of the molecule is CC(CO)NC(=O)NCCOc1cccc(F)c1. The molecule has 1 atom stereocenters. The van der Waals surface area contributed by atoms with E-state index in [2.05, 4.69) is 10.6 Å². The average Bonchev–Trinajstić information content (AvgIpc) is 2.34. The van der Waals surface area contributed by atoms with Gasteiger partial charge >= 0.3 is 6.03 Å². The molecule has 0 spiro atoms. The van der Waals surface area contributed by atoms with Gasteiger partial charge in [0.15, 0.2) is 0 Å². The van der Waals surface area contributed by atoms with Crippen LogP contribution in [0.25, 0.3) is 0 Å². The summed E-state index contributed by atoms with van der Waals surface area (Å²) in [5.74, 6) is 0.0518. The van der Waals surface area contributed by atoms with Gasteiger partial charge in [-0.3, -0.25) is 0 Å². The summed E-state index contributed by atoms with van der Waals surface area (Å²) in [7, 11) is 0. The fourth-order valence-corrected chi connectivity index (χ4v) is 1.21. The molecule has 0 heterocycles. The number of carbonyl (C=O) groups is 1. The highest BCUT2D eigenvalue weighted by atomic mass is 19.1. The Labute approximate surface area is 105 Å². The summed E-state index contributed by atoms with van der Waals surface area (Å²) in [6, 6.07) is 5.11. The van der Waals surface area contributed by atoms with Gasteiger partial charge in [0.25, 0.3) is 0 Å².